The minimum Gasteiger partial charge on any atom is -0.455 e. The van der Waals surface area contributed by atoms with Crippen LogP contribution in [0.1, 0.15) is 21.7 Å². The standard InChI is InChI=1S/C31H21NO4/c33-29(24-16-18-26(19-17-24)32(34)35)20-27(22-10-4-1-5-11-22)31-28(23-12-6-2-7-13-23)21-30(36-31)25-14-8-3-9-15-25/h1-21H/b27-20-. The highest BCUT2D eigenvalue weighted by Gasteiger charge is 2.21. The maximum absolute atomic E-state index is 13.3. The second-order valence-corrected chi connectivity index (χ2v) is 8.18. The molecule has 5 rings (SSSR count). The second kappa shape index (κ2) is 10.1. The number of rotatable bonds is 7. The van der Waals surface area contributed by atoms with Gasteiger partial charge in [-0.25, -0.2) is 0 Å². The number of carbonyl (C=O) groups excluding carboxylic acids is 1. The van der Waals surface area contributed by atoms with E-state index in [1.807, 2.05) is 97.1 Å². The zero-order valence-corrected chi connectivity index (χ0v) is 19.2. The van der Waals surface area contributed by atoms with Crippen LogP contribution in [-0.4, -0.2) is 10.7 Å². The third kappa shape index (κ3) is 4.76. The summed E-state index contributed by atoms with van der Waals surface area (Å²) >= 11 is 0. The minimum absolute atomic E-state index is 0.0660. The Labute approximate surface area is 208 Å². The molecule has 1 aromatic heterocycles. The van der Waals surface area contributed by atoms with E-state index >= 15 is 0 Å². The molecule has 0 bridgehead atoms. The first-order valence-corrected chi connectivity index (χ1v) is 11.4. The Balaban J connectivity index is 1.68. The second-order valence-electron chi connectivity index (χ2n) is 8.18. The lowest BCUT2D eigenvalue weighted by Gasteiger charge is -2.09. The highest BCUT2D eigenvalue weighted by molar-refractivity contribution is 6.11. The van der Waals surface area contributed by atoms with Crippen LogP contribution in [0.25, 0.3) is 28.0 Å². The molecular formula is C31H21NO4. The first-order valence-electron chi connectivity index (χ1n) is 11.4. The van der Waals surface area contributed by atoms with Crippen LogP contribution in [0.15, 0.2) is 132 Å². The topological polar surface area (TPSA) is 73.3 Å². The molecular weight excluding hydrogens is 450 g/mol. The van der Waals surface area contributed by atoms with Crippen molar-refractivity contribution >= 4 is 17.0 Å². The number of carbonyl (C=O) groups is 1. The van der Waals surface area contributed by atoms with Gasteiger partial charge in [-0.05, 0) is 35.4 Å². The van der Waals surface area contributed by atoms with E-state index in [-0.39, 0.29) is 11.5 Å². The average molecular weight is 472 g/mol. The van der Waals surface area contributed by atoms with Crippen LogP contribution in [0, 0.1) is 10.1 Å². The quantitative estimate of drug-likeness (QED) is 0.105. The molecule has 1 heterocycles. The van der Waals surface area contributed by atoms with Crippen molar-refractivity contribution in [2.45, 2.75) is 0 Å². The van der Waals surface area contributed by atoms with Crippen LogP contribution in [0.3, 0.4) is 0 Å². The lowest BCUT2D eigenvalue weighted by Crippen LogP contribution is -1.99. The fourth-order valence-electron chi connectivity index (χ4n) is 4.03. The van der Waals surface area contributed by atoms with Crippen molar-refractivity contribution in [1.82, 2.24) is 0 Å². The minimum atomic E-state index is -0.487. The van der Waals surface area contributed by atoms with Gasteiger partial charge in [-0.2, -0.15) is 0 Å². The molecule has 0 spiro atoms. The Morgan fingerprint density at radius 2 is 1.25 bits per heavy atom. The summed E-state index contributed by atoms with van der Waals surface area (Å²) in [6, 6.07) is 36.8. The van der Waals surface area contributed by atoms with Gasteiger partial charge in [-0.1, -0.05) is 91.0 Å². The zero-order chi connectivity index (χ0) is 24.9. The third-order valence-electron chi connectivity index (χ3n) is 5.84. The van der Waals surface area contributed by atoms with E-state index in [1.54, 1.807) is 0 Å². The molecule has 5 aromatic rings. The summed E-state index contributed by atoms with van der Waals surface area (Å²) in [5, 5.41) is 11.0. The zero-order valence-electron chi connectivity index (χ0n) is 19.2. The molecule has 0 saturated heterocycles. The maximum Gasteiger partial charge on any atom is 0.269 e. The van der Waals surface area contributed by atoms with Crippen LogP contribution in [0.5, 0.6) is 0 Å². The van der Waals surface area contributed by atoms with Crippen molar-refractivity contribution in [3.8, 4) is 22.5 Å². The van der Waals surface area contributed by atoms with Gasteiger partial charge in [0.25, 0.3) is 5.69 Å². The van der Waals surface area contributed by atoms with Gasteiger partial charge in [-0.3, -0.25) is 14.9 Å². The Bertz CT molecular complexity index is 1540. The lowest BCUT2D eigenvalue weighted by atomic mass is 9.95. The van der Waals surface area contributed by atoms with Gasteiger partial charge in [0.15, 0.2) is 5.78 Å². The average Bonchev–Trinajstić information content (AvgIpc) is 3.38. The van der Waals surface area contributed by atoms with E-state index in [0.29, 0.717) is 22.7 Å². The summed E-state index contributed by atoms with van der Waals surface area (Å²) in [5.74, 6) is 0.982. The molecule has 0 unspecified atom stereocenters. The number of nitro benzene ring substituents is 1. The molecule has 0 aliphatic heterocycles. The fourth-order valence-corrected chi connectivity index (χ4v) is 4.03. The van der Waals surface area contributed by atoms with Gasteiger partial charge >= 0.3 is 0 Å². The molecule has 0 saturated carbocycles. The molecule has 174 valence electrons. The summed E-state index contributed by atoms with van der Waals surface area (Å²) in [7, 11) is 0. The van der Waals surface area contributed by atoms with E-state index in [1.165, 1.54) is 30.3 Å². The smallest absolute Gasteiger partial charge is 0.269 e. The van der Waals surface area contributed by atoms with Crippen molar-refractivity contribution in [2.24, 2.45) is 0 Å². The van der Waals surface area contributed by atoms with Crippen LogP contribution in [-0.2, 0) is 0 Å². The molecule has 0 aliphatic rings. The molecule has 0 aliphatic carbocycles. The summed E-state index contributed by atoms with van der Waals surface area (Å²) in [5.41, 5.74) is 4.48. The van der Waals surface area contributed by atoms with Gasteiger partial charge in [-0.15, -0.1) is 0 Å². The van der Waals surface area contributed by atoms with Crippen LogP contribution in [0.4, 0.5) is 5.69 Å². The van der Waals surface area contributed by atoms with Crippen LogP contribution < -0.4 is 0 Å². The number of nitrogens with zero attached hydrogens (tertiary/aromatic N) is 1. The predicted molar refractivity (Wildman–Crippen MR) is 141 cm³/mol. The van der Waals surface area contributed by atoms with Crippen molar-refractivity contribution < 1.29 is 14.1 Å². The number of non-ortho nitro benzene ring substituents is 1. The van der Waals surface area contributed by atoms with Gasteiger partial charge in [0, 0.05) is 34.4 Å². The summed E-state index contributed by atoms with van der Waals surface area (Å²) in [6.07, 6.45) is 1.54. The summed E-state index contributed by atoms with van der Waals surface area (Å²) in [4.78, 5) is 23.9. The molecule has 36 heavy (non-hydrogen) atoms. The van der Waals surface area contributed by atoms with E-state index in [2.05, 4.69) is 0 Å². The van der Waals surface area contributed by atoms with Crippen molar-refractivity contribution in [3.05, 3.63) is 154 Å². The van der Waals surface area contributed by atoms with Crippen LogP contribution >= 0.6 is 0 Å². The molecule has 0 atom stereocenters. The van der Waals surface area contributed by atoms with Gasteiger partial charge in [0.1, 0.15) is 11.5 Å². The number of ketones is 1. The first kappa shape index (κ1) is 22.7. The Kier molecular flexibility index (Phi) is 6.36. The highest BCUT2D eigenvalue weighted by atomic mass is 16.6. The number of hydrogen-bond acceptors (Lipinski definition) is 4. The summed E-state index contributed by atoms with van der Waals surface area (Å²) in [6.45, 7) is 0. The largest absolute Gasteiger partial charge is 0.455 e. The SMILES string of the molecule is O=C(/C=C(/c1ccccc1)c1oc(-c2ccccc2)cc1-c1ccccc1)c1ccc([N+](=O)[O-])cc1. The number of hydrogen-bond donors (Lipinski definition) is 0. The monoisotopic (exact) mass is 471 g/mol. The third-order valence-corrected chi connectivity index (χ3v) is 5.84. The molecule has 5 nitrogen and oxygen atoms in total. The van der Waals surface area contributed by atoms with Gasteiger partial charge in [0.2, 0.25) is 0 Å². The van der Waals surface area contributed by atoms with E-state index < -0.39 is 4.92 Å². The number of benzene rings is 4. The Hall–Kier alpha value is -5.03. The lowest BCUT2D eigenvalue weighted by molar-refractivity contribution is -0.384. The van der Waals surface area contributed by atoms with E-state index in [9.17, 15) is 14.9 Å². The predicted octanol–water partition coefficient (Wildman–Crippen LogP) is 7.84. The van der Waals surface area contributed by atoms with Crippen LogP contribution in [0.2, 0.25) is 0 Å². The Morgan fingerprint density at radius 3 is 1.83 bits per heavy atom. The van der Waals surface area contributed by atoms with E-state index in [4.69, 9.17) is 4.42 Å². The number of furan rings is 1. The molecule has 5 heteroatoms. The number of allylic oxidation sites excluding steroid dienone is 1. The Morgan fingerprint density at radius 1 is 0.694 bits per heavy atom. The maximum atomic E-state index is 13.3. The highest BCUT2D eigenvalue weighted by Crippen LogP contribution is 2.39. The van der Waals surface area contributed by atoms with Crippen molar-refractivity contribution in [1.29, 1.82) is 0 Å². The van der Waals surface area contributed by atoms with Gasteiger partial charge < -0.3 is 4.42 Å². The number of nitro groups is 1. The van der Waals surface area contributed by atoms with Crippen molar-refractivity contribution in [3.63, 3.8) is 0 Å². The molecule has 0 fully saturated rings. The van der Waals surface area contributed by atoms with Crippen molar-refractivity contribution in [2.75, 3.05) is 0 Å². The van der Waals surface area contributed by atoms with Gasteiger partial charge in [0.05, 0.1) is 4.92 Å². The van der Waals surface area contributed by atoms with E-state index in [0.717, 1.165) is 22.3 Å². The molecule has 0 radical (unpaired) electrons. The normalized spacial score (nSPS) is 11.3. The fraction of sp³-hybridized carbons (Fsp3) is 0. The molecule has 0 N–H and O–H groups in total. The molecule has 0 amide bonds. The molecule has 4 aromatic carbocycles. The summed E-state index contributed by atoms with van der Waals surface area (Å²) < 4.78 is 6.45. The first-order chi connectivity index (χ1) is 17.6.